The predicted octanol–water partition coefficient (Wildman–Crippen LogP) is 5.29. The van der Waals surface area contributed by atoms with Gasteiger partial charge in [-0.25, -0.2) is 0 Å². The van der Waals surface area contributed by atoms with Crippen molar-refractivity contribution in [3.8, 4) is 11.5 Å². The highest BCUT2D eigenvalue weighted by molar-refractivity contribution is 6.17. The second kappa shape index (κ2) is 9.83. The fourth-order valence-corrected chi connectivity index (χ4v) is 4.07. The number of rotatable bonds is 7. The third-order valence-corrected chi connectivity index (χ3v) is 5.68. The van der Waals surface area contributed by atoms with Crippen LogP contribution in [0.3, 0.4) is 0 Å². The van der Waals surface area contributed by atoms with E-state index in [1.54, 1.807) is 7.11 Å². The molecule has 1 aliphatic rings. The third-order valence-electron chi connectivity index (χ3n) is 5.37. The van der Waals surface area contributed by atoms with E-state index in [0.29, 0.717) is 18.1 Å². The summed E-state index contributed by atoms with van der Waals surface area (Å²) < 4.78 is 11.1. The van der Waals surface area contributed by atoms with Crippen molar-refractivity contribution >= 4 is 17.5 Å². The highest BCUT2D eigenvalue weighted by atomic mass is 35.5. The van der Waals surface area contributed by atoms with E-state index in [1.165, 1.54) is 5.56 Å². The van der Waals surface area contributed by atoms with Gasteiger partial charge in [0.15, 0.2) is 11.5 Å². The molecule has 1 N–H and O–H groups in total. The molecule has 1 fully saturated rings. The number of alkyl halides is 1. The first-order chi connectivity index (χ1) is 13.7. The van der Waals surface area contributed by atoms with Gasteiger partial charge in [0, 0.05) is 23.4 Å². The number of hydrogen-bond acceptors (Lipinski definition) is 3. The van der Waals surface area contributed by atoms with Crippen LogP contribution < -0.4 is 14.8 Å². The van der Waals surface area contributed by atoms with Gasteiger partial charge in [0.2, 0.25) is 0 Å². The number of hydrogen-bond donors (Lipinski definition) is 1. The molecule has 0 radical (unpaired) electrons. The number of carbonyl (C=O) groups excluding carboxylic acids is 1. The highest BCUT2D eigenvalue weighted by Gasteiger charge is 2.29. The summed E-state index contributed by atoms with van der Waals surface area (Å²) >= 11 is 5.84. The minimum absolute atomic E-state index is 0.0310. The molecule has 1 aliphatic carbocycles. The second-order valence-corrected chi connectivity index (χ2v) is 7.41. The van der Waals surface area contributed by atoms with Crippen molar-refractivity contribution in [1.82, 2.24) is 5.32 Å². The van der Waals surface area contributed by atoms with Crippen LogP contribution in [-0.2, 0) is 5.88 Å². The molecule has 2 atom stereocenters. The standard InChI is InChI=1S/C23H28ClNO3/c1-3-28-22-14-18(12-13-21(22)27-2)19-6-4-5-7-20(19)25-23(26)17-10-8-16(15-24)9-11-17/h8-14,19-20H,3-7,15H2,1-2H3,(H,25,26). The van der Waals surface area contributed by atoms with Crippen molar-refractivity contribution in [3.63, 3.8) is 0 Å². The van der Waals surface area contributed by atoms with Gasteiger partial charge in [-0.3, -0.25) is 4.79 Å². The van der Waals surface area contributed by atoms with Crippen LogP contribution in [0.4, 0.5) is 0 Å². The SMILES string of the molecule is CCOc1cc(C2CCCCC2NC(=O)c2ccc(CCl)cc2)ccc1OC. The number of methoxy groups -OCH3 is 1. The third kappa shape index (κ3) is 4.79. The summed E-state index contributed by atoms with van der Waals surface area (Å²) in [4.78, 5) is 12.8. The molecule has 2 aromatic rings. The molecular weight excluding hydrogens is 374 g/mol. The van der Waals surface area contributed by atoms with E-state index in [4.69, 9.17) is 21.1 Å². The zero-order valence-electron chi connectivity index (χ0n) is 16.5. The van der Waals surface area contributed by atoms with Crippen molar-refractivity contribution < 1.29 is 14.3 Å². The van der Waals surface area contributed by atoms with E-state index >= 15 is 0 Å². The summed E-state index contributed by atoms with van der Waals surface area (Å²) in [5.74, 6) is 2.18. The molecule has 0 saturated heterocycles. The Labute approximate surface area is 172 Å². The maximum atomic E-state index is 12.8. The topological polar surface area (TPSA) is 47.6 Å². The lowest BCUT2D eigenvalue weighted by Gasteiger charge is -2.33. The Morgan fingerprint density at radius 3 is 2.54 bits per heavy atom. The Balaban J connectivity index is 1.78. The molecule has 4 nitrogen and oxygen atoms in total. The molecule has 0 aromatic heterocycles. The van der Waals surface area contributed by atoms with Crippen LogP contribution in [0.1, 0.15) is 60.0 Å². The summed E-state index contributed by atoms with van der Waals surface area (Å²) in [5.41, 5.74) is 2.87. The van der Waals surface area contributed by atoms with Gasteiger partial charge in [0.05, 0.1) is 13.7 Å². The predicted molar refractivity (Wildman–Crippen MR) is 113 cm³/mol. The highest BCUT2D eigenvalue weighted by Crippen LogP contribution is 2.37. The molecule has 0 aliphatic heterocycles. The van der Waals surface area contributed by atoms with Gasteiger partial charge in [-0.1, -0.05) is 31.0 Å². The van der Waals surface area contributed by atoms with E-state index in [-0.39, 0.29) is 17.9 Å². The molecule has 0 bridgehead atoms. The van der Waals surface area contributed by atoms with E-state index < -0.39 is 0 Å². The molecule has 2 aromatic carbocycles. The largest absolute Gasteiger partial charge is 0.493 e. The lowest BCUT2D eigenvalue weighted by atomic mass is 9.79. The zero-order valence-corrected chi connectivity index (χ0v) is 17.3. The van der Waals surface area contributed by atoms with Crippen molar-refractivity contribution in [2.75, 3.05) is 13.7 Å². The van der Waals surface area contributed by atoms with Crippen LogP contribution in [-0.4, -0.2) is 25.7 Å². The zero-order chi connectivity index (χ0) is 19.9. The monoisotopic (exact) mass is 401 g/mol. The molecular formula is C23H28ClNO3. The van der Waals surface area contributed by atoms with Gasteiger partial charge in [0.1, 0.15) is 0 Å². The van der Waals surface area contributed by atoms with Gasteiger partial charge in [-0.2, -0.15) is 0 Å². The maximum absolute atomic E-state index is 12.8. The molecule has 0 spiro atoms. The van der Waals surface area contributed by atoms with E-state index in [1.807, 2.05) is 37.3 Å². The van der Waals surface area contributed by atoms with E-state index in [0.717, 1.165) is 42.7 Å². The van der Waals surface area contributed by atoms with Crippen molar-refractivity contribution in [2.45, 2.75) is 50.4 Å². The molecule has 1 saturated carbocycles. The Kier molecular flexibility index (Phi) is 7.21. The number of carbonyl (C=O) groups is 1. The van der Waals surface area contributed by atoms with Crippen LogP contribution in [0.2, 0.25) is 0 Å². The lowest BCUT2D eigenvalue weighted by molar-refractivity contribution is 0.0920. The fraction of sp³-hybridized carbons (Fsp3) is 0.435. The van der Waals surface area contributed by atoms with E-state index in [2.05, 4.69) is 17.4 Å². The summed E-state index contributed by atoms with van der Waals surface area (Å²) in [5, 5.41) is 3.26. The van der Waals surface area contributed by atoms with Crippen LogP contribution in [0.25, 0.3) is 0 Å². The minimum atomic E-state index is -0.0310. The number of ether oxygens (including phenoxy) is 2. The summed E-state index contributed by atoms with van der Waals surface area (Å²) in [6, 6.07) is 13.7. The van der Waals surface area contributed by atoms with Crippen LogP contribution in [0, 0.1) is 0 Å². The normalized spacial score (nSPS) is 19.1. The first-order valence-electron chi connectivity index (χ1n) is 9.92. The molecule has 5 heteroatoms. The summed E-state index contributed by atoms with van der Waals surface area (Å²) in [6.07, 6.45) is 4.32. The number of nitrogens with one attached hydrogen (secondary N) is 1. The van der Waals surface area contributed by atoms with Gasteiger partial charge in [-0.15, -0.1) is 11.6 Å². The Bertz CT molecular complexity index is 791. The van der Waals surface area contributed by atoms with Gasteiger partial charge in [0.25, 0.3) is 5.91 Å². The molecule has 28 heavy (non-hydrogen) atoms. The van der Waals surface area contributed by atoms with Gasteiger partial charge < -0.3 is 14.8 Å². The van der Waals surface area contributed by atoms with Crippen LogP contribution in [0.15, 0.2) is 42.5 Å². The molecule has 3 rings (SSSR count). The first-order valence-corrected chi connectivity index (χ1v) is 10.5. The Morgan fingerprint density at radius 2 is 1.86 bits per heavy atom. The number of benzene rings is 2. The fourth-order valence-electron chi connectivity index (χ4n) is 3.89. The second-order valence-electron chi connectivity index (χ2n) is 7.14. The maximum Gasteiger partial charge on any atom is 0.251 e. The van der Waals surface area contributed by atoms with Gasteiger partial charge in [-0.05, 0) is 55.2 Å². The van der Waals surface area contributed by atoms with Crippen LogP contribution in [0.5, 0.6) is 11.5 Å². The Hall–Kier alpha value is -2.20. The van der Waals surface area contributed by atoms with Crippen molar-refractivity contribution in [1.29, 1.82) is 0 Å². The van der Waals surface area contributed by atoms with Crippen molar-refractivity contribution in [2.24, 2.45) is 0 Å². The molecule has 2 unspecified atom stereocenters. The minimum Gasteiger partial charge on any atom is -0.493 e. The average Bonchev–Trinajstić information content (AvgIpc) is 2.74. The molecule has 1 amide bonds. The van der Waals surface area contributed by atoms with Gasteiger partial charge >= 0.3 is 0 Å². The number of halogens is 1. The lowest BCUT2D eigenvalue weighted by Crippen LogP contribution is -2.41. The first kappa shape index (κ1) is 20.5. The Morgan fingerprint density at radius 1 is 1.11 bits per heavy atom. The quantitative estimate of drug-likeness (QED) is 0.641. The average molecular weight is 402 g/mol. The smallest absolute Gasteiger partial charge is 0.251 e. The van der Waals surface area contributed by atoms with E-state index in [9.17, 15) is 4.79 Å². The summed E-state index contributed by atoms with van der Waals surface area (Å²) in [6.45, 7) is 2.55. The molecule has 0 heterocycles. The van der Waals surface area contributed by atoms with Crippen molar-refractivity contribution in [3.05, 3.63) is 59.2 Å². The molecule has 150 valence electrons. The number of amides is 1. The summed E-state index contributed by atoms with van der Waals surface area (Å²) in [7, 11) is 1.65. The van der Waals surface area contributed by atoms with Crippen LogP contribution >= 0.6 is 11.6 Å².